The predicted molar refractivity (Wildman–Crippen MR) is 83.1 cm³/mol. The van der Waals surface area contributed by atoms with Crippen molar-refractivity contribution in [1.29, 1.82) is 0 Å². The van der Waals surface area contributed by atoms with Gasteiger partial charge in [0.1, 0.15) is 0 Å². The first-order valence-corrected chi connectivity index (χ1v) is 7.29. The molecule has 0 saturated carbocycles. The van der Waals surface area contributed by atoms with Crippen molar-refractivity contribution in [3.05, 3.63) is 29.3 Å². The molecule has 3 heteroatoms. The van der Waals surface area contributed by atoms with E-state index < -0.39 is 0 Å². The zero-order valence-corrected chi connectivity index (χ0v) is 12.7. The Morgan fingerprint density at radius 1 is 1.21 bits per heavy atom. The highest BCUT2D eigenvalue weighted by molar-refractivity contribution is 5.52. The van der Waals surface area contributed by atoms with Crippen LogP contribution >= 0.6 is 0 Å². The molecule has 1 aromatic carbocycles. The van der Waals surface area contributed by atoms with Gasteiger partial charge in [-0.2, -0.15) is 0 Å². The maximum absolute atomic E-state index is 3.28. The van der Waals surface area contributed by atoms with Gasteiger partial charge in [-0.1, -0.05) is 6.07 Å². The highest BCUT2D eigenvalue weighted by Gasteiger charge is 2.25. The van der Waals surface area contributed by atoms with Crippen molar-refractivity contribution in [3.8, 4) is 0 Å². The molecule has 0 amide bonds. The number of aryl methyl sites for hydroxylation is 2. The molecule has 3 nitrogen and oxygen atoms in total. The molecule has 1 heterocycles. The number of hydrogen-bond acceptors (Lipinski definition) is 3. The van der Waals surface area contributed by atoms with Crippen LogP contribution in [0.25, 0.3) is 0 Å². The number of nitrogens with zero attached hydrogens (tertiary/aromatic N) is 2. The Morgan fingerprint density at radius 3 is 2.68 bits per heavy atom. The molecule has 0 aromatic heterocycles. The molecule has 0 radical (unpaired) electrons. The molecule has 0 aliphatic carbocycles. The Bertz CT molecular complexity index is 416. The summed E-state index contributed by atoms with van der Waals surface area (Å²) in [5, 5.41) is 3.28. The van der Waals surface area contributed by atoms with Crippen molar-refractivity contribution in [2.75, 3.05) is 45.2 Å². The van der Waals surface area contributed by atoms with E-state index >= 15 is 0 Å². The van der Waals surface area contributed by atoms with Crippen LogP contribution < -0.4 is 10.2 Å². The zero-order chi connectivity index (χ0) is 13.8. The Hall–Kier alpha value is -1.06. The summed E-state index contributed by atoms with van der Waals surface area (Å²) in [5.41, 5.74) is 4.16. The van der Waals surface area contributed by atoms with Gasteiger partial charge in [-0.3, -0.25) is 0 Å². The molecule has 2 rings (SSSR count). The topological polar surface area (TPSA) is 18.5 Å². The molecule has 1 unspecified atom stereocenters. The van der Waals surface area contributed by atoms with Gasteiger partial charge in [-0.25, -0.2) is 0 Å². The summed E-state index contributed by atoms with van der Waals surface area (Å²) >= 11 is 0. The third-order valence-corrected chi connectivity index (χ3v) is 4.24. The molecule has 1 N–H and O–H groups in total. The van der Waals surface area contributed by atoms with Crippen LogP contribution in [0.3, 0.4) is 0 Å². The molecule has 1 aliphatic heterocycles. The molecule has 1 saturated heterocycles. The second-order valence-electron chi connectivity index (χ2n) is 5.77. The van der Waals surface area contributed by atoms with Crippen LogP contribution in [-0.4, -0.2) is 51.2 Å². The SMILES string of the molecule is CNCCC1CN(C)CCN1c1ccc(C)c(C)c1. The first-order valence-electron chi connectivity index (χ1n) is 7.29. The summed E-state index contributed by atoms with van der Waals surface area (Å²) in [7, 11) is 4.26. The lowest BCUT2D eigenvalue weighted by Gasteiger charge is -2.42. The summed E-state index contributed by atoms with van der Waals surface area (Å²) < 4.78 is 0. The predicted octanol–water partition coefficient (Wildman–Crippen LogP) is 2.03. The Balaban J connectivity index is 2.16. The van der Waals surface area contributed by atoms with Gasteiger partial charge in [0.15, 0.2) is 0 Å². The van der Waals surface area contributed by atoms with Crippen molar-refractivity contribution >= 4 is 5.69 Å². The lowest BCUT2D eigenvalue weighted by Crippen LogP contribution is -2.52. The first-order chi connectivity index (χ1) is 9.11. The lowest BCUT2D eigenvalue weighted by atomic mass is 10.0. The fourth-order valence-electron chi connectivity index (χ4n) is 2.81. The van der Waals surface area contributed by atoms with E-state index in [1.54, 1.807) is 0 Å². The largest absolute Gasteiger partial charge is 0.366 e. The van der Waals surface area contributed by atoms with E-state index in [2.05, 4.69) is 54.2 Å². The van der Waals surface area contributed by atoms with Gasteiger partial charge in [0.05, 0.1) is 0 Å². The minimum atomic E-state index is 0.619. The van der Waals surface area contributed by atoms with Gasteiger partial charge in [-0.15, -0.1) is 0 Å². The second-order valence-corrected chi connectivity index (χ2v) is 5.77. The minimum absolute atomic E-state index is 0.619. The molecule has 106 valence electrons. The third-order valence-electron chi connectivity index (χ3n) is 4.24. The third kappa shape index (κ3) is 3.48. The molecule has 19 heavy (non-hydrogen) atoms. The van der Waals surface area contributed by atoms with E-state index in [0.717, 1.165) is 26.2 Å². The number of hydrogen-bond donors (Lipinski definition) is 1. The highest BCUT2D eigenvalue weighted by atomic mass is 15.3. The molecule has 1 atom stereocenters. The highest BCUT2D eigenvalue weighted by Crippen LogP contribution is 2.24. The minimum Gasteiger partial charge on any atom is -0.366 e. The van der Waals surface area contributed by atoms with Gasteiger partial charge in [0.2, 0.25) is 0 Å². The molecule has 0 bridgehead atoms. The zero-order valence-electron chi connectivity index (χ0n) is 12.7. The number of nitrogens with one attached hydrogen (secondary N) is 1. The second kappa shape index (κ2) is 6.40. The van der Waals surface area contributed by atoms with Crippen molar-refractivity contribution in [3.63, 3.8) is 0 Å². The number of piperazine rings is 1. The fraction of sp³-hybridized carbons (Fsp3) is 0.625. The van der Waals surface area contributed by atoms with Crippen LogP contribution in [0.5, 0.6) is 0 Å². The molecule has 1 aromatic rings. The van der Waals surface area contributed by atoms with Crippen LogP contribution in [0.15, 0.2) is 18.2 Å². The smallest absolute Gasteiger partial charge is 0.0429 e. The lowest BCUT2D eigenvalue weighted by molar-refractivity contribution is 0.260. The van der Waals surface area contributed by atoms with Crippen molar-refractivity contribution in [1.82, 2.24) is 10.2 Å². The van der Waals surface area contributed by atoms with Crippen LogP contribution in [0.4, 0.5) is 5.69 Å². The normalized spacial score (nSPS) is 20.8. The molecule has 0 spiro atoms. The standard InChI is InChI=1S/C16H27N3/c1-13-5-6-15(11-14(13)2)19-10-9-18(4)12-16(19)7-8-17-3/h5-6,11,16-17H,7-10,12H2,1-4H3. The summed E-state index contributed by atoms with van der Waals surface area (Å²) in [6.45, 7) is 8.92. The molecule has 1 aliphatic rings. The van der Waals surface area contributed by atoms with Crippen molar-refractivity contribution in [2.45, 2.75) is 26.3 Å². The number of rotatable bonds is 4. The maximum atomic E-state index is 3.28. The van der Waals surface area contributed by atoms with Crippen LogP contribution in [0, 0.1) is 13.8 Å². The van der Waals surface area contributed by atoms with E-state index in [1.807, 2.05) is 7.05 Å². The molecular weight excluding hydrogens is 234 g/mol. The summed E-state index contributed by atoms with van der Waals surface area (Å²) in [6.07, 6.45) is 1.20. The number of benzene rings is 1. The van der Waals surface area contributed by atoms with Crippen molar-refractivity contribution < 1.29 is 0 Å². The molecule has 1 fully saturated rings. The van der Waals surface area contributed by atoms with Crippen LogP contribution in [0.1, 0.15) is 17.5 Å². The Kier molecular flexibility index (Phi) is 4.83. The van der Waals surface area contributed by atoms with E-state index in [0.29, 0.717) is 6.04 Å². The van der Waals surface area contributed by atoms with Gasteiger partial charge in [0, 0.05) is 31.4 Å². The van der Waals surface area contributed by atoms with Crippen LogP contribution in [0.2, 0.25) is 0 Å². The summed E-state index contributed by atoms with van der Waals surface area (Å²) in [4.78, 5) is 5.03. The van der Waals surface area contributed by atoms with E-state index in [9.17, 15) is 0 Å². The van der Waals surface area contributed by atoms with E-state index in [4.69, 9.17) is 0 Å². The Morgan fingerprint density at radius 2 is 2.00 bits per heavy atom. The van der Waals surface area contributed by atoms with Gasteiger partial charge >= 0.3 is 0 Å². The van der Waals surface area contributed by atoms with Crippen LogP contribution in [-0.2, 0) is 0 Å². The number of likely N-dealkylation sites (N-methyl/N-ethyl adjacent to an activating group) is 1. The monoisotopic (exact) mass is 261 g/mol. The van der Waals surface area contributed by atoms with Crippen molar-refractivity contribution in [2.24, 2.45) is 0 Å². The van der Waals surface area contributed by atoms with E-state index in [-0.39, 0.29) is 0 Å². The summed E-state index contributed by atoms with van der Waals surface area (Å²) in [5.74, 6) is 0. The van der Waals surface area contributed by atoms with Gasteiger partial charge < -0.3 is 15.1 Å². The molecular formula is C16H27N3. The van der Waals surface area contributed by atoms with Gasteiger partial charge in [-0.05, 0) is 64.2 Å². The number of anilines is 1. The summed E-state index contributed by atoms with van der Waals surface area (Å²) in [6, 6.07) is 7.49. The fourth-order valence-corrected chi connectivity index (χ4v) is 2.81. The van der Waals surface area contributed by atoms with E-state index in [1.165, 1.54) is 23.2 Å². The maximum Gasteiger partial charge on any atom is 0.0429 e. The Labute approximate surface area is 117 Å². The first kappa shape index (κ1) is 14.4. The average Bonchev–Trinajstić information content (AvgIpc) is 2.40. The van der Waals surface area contributed by atoms with Gasteiger partial charge in [0.25, 0.3) is 0 Å². The quantitative estimate of drug-likeness (QED) is 0.895. The average molecular weight is 261 g/mol.